The average molecular weight is 463 g/mol. The van der Waals surface area contributed by atoms with Crippen LogP contribution in [0.25, 0.3) is 21.4 Å². The molecule has 4 aromatic heterocycles. The molecule has 0 spiro atoms. The Morgan fingerprint density at radius 1 is 1.09 bits per heavy atom. The van der Waals surface area contributed by atoms with Crippen LogP contribution in [0.4, 0.5) is 10.2 Å². The molecule has 0 radical (unpaired) electrons. The summed E-state index contributed by atoms with van der Waals surface area (Å²) in [5.74, 6) is 1.48. The molecule has 0 saturated heterocycles. The molecule has 10 heteroatoms. The van der Waals surface area contributed by atoms with E-state index >= 15 is 0 Å². The fraction of sp³-hybridized carbons (Fsp3) is 0.261. The van der Waals surface area contributed by atoms with E-state index in [0.717, 1.165) is 46.2 Å². The van der Waals surface area contributed by atoms with Crippen LogP contribution in [0, 0.1) is 5.82 Å². The van der Waals surface area contributed by atoms with Gasteiger partial charge in [0.1, 0.15) is 28.3 Å². The van der Waals surface area contributed by atoms with Crippen LogP contribution in [0.2, 0.25) is 0 Å². The van der Waals surface area contributed by atoms with Crippen molar-refractivity contribution in [1.82, 2.24) is 35.2 Å². The van der Waals surface area contributed by atoms with Crippen molar-refractivity contribution in [2.45, 2.75) is 25.8 Å². The second kappa shape index (κ2) is 9.55. The summed E-state index contributed by atoms with van der Waals surface area (Å²) in [7, 11) is 0. The van der Waals surface area contributed by atoms with Crippen LogP contribution in [-0.4, -0.2) is 43.0 Å². The van der Waals surface area contributed by atoms with E-state index in [1.807, 2.05) is 24.3 Å². The number of rotatable bonds is 9. The molecule has 5 rings (SSSR count). The van der Waals surface area contributed by atoms with Gasteiger partial charge in [-0.2, -0.15) is 0 Å². The van der Waals surface area contributed by atoms with Crippen LogP contribution < -0.4 is 10.6 Å². The molecule has 3 N–H and O–H groups in total. The molecule has 1 atom stereocenters. The summed E-state index contributed by atoms with van der Waals surface area (Å²) in [6.07, 6.45) is 3.84. The largest absolute Gasteiger partial charge is 0.362 e. The summed E-state index contributed by atoms with van der Waals surface area (Å²) in [6.45, 7) is 3.99. The Hall–Kier alpha value is -3.50. The molecule has 0 unspecified atom stereocenters. The maximum absolute atomic E-state index is 13.8. The minimum absolute atomic E-state index is 0.229. The van der Waals surface area contributed by atoms with E-state index in [4.69, 9.17) is 4.98 Å². The van der Waals surface area contributed by atoms with Gasteiger partial charge in [0.15, 0.2) is 5.82 Å². The van der Waals surface area contributed by atoms with Crippen molar-refractivity contribution in [2.75, 3.05) is 18.4 Å². The van der Waals surface area contributed by atoms with Crippen molar-refractivity contribution >= 4 is 38.5 Å². The quantitative estimate of drug-likeness (QED) is 0.284. The topological polar surface area (TPSA) is 104 Å². The predicted molar refractivity (Wildman–Crippen MR) is 128 cm³/mol. The lowest BCUT2D eigenvalue weighted by Gasteiger charge is -2.09. The fourth-order valence-corrected chi connectivity index (χ4v) is 4.47. The Balaban J connectivity index is 1.17. The number of fused-ring (bicyclic) bond motifs is 2. The van der Waals surface area contributed by atoms with Crippen molar-refractivity contribution < 1.29 is 4.39 Å². The molecule has 0 amide bonds. The third-order valence-electron chi connectivity index (χ3n) is 5.34. The highest BCUT2D eigenvalue weighted by atomic mass is 32.1. The summed E-state index contributed by atoms with van der Waals surface area (Å²) in [4.78, 5) is 26.3. The maximum atomic E-state index is 13.8. The number of nitrogens with zero attached hydrogens (tertiary/aromatic N) is 5. The van der Waals surface area contributed by atoms with Crippen LogP contribution in [0.1, 0.15) is 29.4 Å². The Morgan fingerprint density at radius 2 is 2.00 bits per heavy atom. The zero-order valence-electron chi connectivity index (χ0n) is 18.0. The van der Waals surface area contributed by atoms with Gasteiger partial charge in [0.2, 0.25) is 0 Å². The molecule has 0 bridgehead atoms. The van der Waals surface area contributed by atoms with Crippen molar-refractivity contribution in [3.05, 3.63) is 71.3 Å². The molecule has 0 aliphatic heterocycles. The number of anilines is 1. The third-order valence-corrected chi connectivity index (χ3v) is 6.36. The second-order valence-corrected chi connectivity index (χ2v) is 8.83. The van der Waals surface area contributed by atoms with E-state index < -0.39 is 0 Å². The number of hydrogen-bond donors (Lipinski definition) is 3. The van der Waals surface area contributed by atoms with Gasteiger partial charge in [0.05, 0.1) is 28.3 Å². The van der Waals surface area contributed by atoms with Gasteiger partial charge in [-0.1, -0.05) is 30.4 Å². The lowest BCUT2D eigenvalue weighted by molar-refractivity contribution is 0.597. The first-order valence-electron chi connectivity index (χ1n) is 10.8. The molecular formula is C23H23FN8S. The highest BCUT2D eigenvalue weighted by Crippen LogP contribution is 2.25. The molecule has 0 fully saturated rings. The monoisotopic (exact) mass is 462 g/mol. The molecule has 168 valence electrons. The number of aromatic nitrogens is 6. The lowest BCUT2D eigenvalue weighted by atomic mass is 10.1. The number of pyridine rings is 1. The summed E-state index contributed by atoms with van der Waals surface area (Å²) >= 11 is 1.54. The molecule has 0 aliphatic carbocycles. The molecular weight excluding hydrogens is 439 g/mol. The lowest BCUT2D eigenvalue weighted by Crippen LogP contribution is -2.23. The van der Waals surface area contributed by atoms with E-state index in [1.165, 1.54) is 12.4 Å². The fourth-order valence-electron chi connectivity index (χ4n) is 3.57. The van der Waals surface area contributed by atoms with Crippen LogP contribution in [-0.2, 0) is 13.0 Å². The minimum atomic E-state index is -0.350. The molecule has 33 heavy (non-hydrogen) atoms. The van der Waals surface area contributed by atoms with Gasteiger partial charge < -0.3 is 15.6 Å². The first-order chi connectivity index (χ1) is 16.2. The Morgan fingerprint density at radius 3 is 2.88 bits per heavy atom. The molecule has 0 aliphatic rings. The number of nitrogens with one attached hydrogen (secondary N) is 3. The van der Waals surface area contributed by atoms with Crippen LogP contribution in [0.3, 0.4) is 0 Å². The van der Waals surface area contributed by atoms with E-state index in [2.05, 4.69) is 42.5 Å². The third kappa shape index (κ3) is 4.81. The molecule has 0 saturated carbocycles. The Bertz CT molecular complexity index is 1350. The Kier molecular flexibility index (Phi) is 6.18. The first-order valence-corrected chi connectivity index (χ1v) is 11.6. The average Bonchev–Trinajstić information content (AvgIpc) is 3.45. The summed E-state index contributed by atoms with van der Waals surface area (Å²) in [5.41, 5.74) is 3.09. The Labute approximate surface area is 193 Å². The SMILES string of the molecule is C[C@@H](CNCCc1nc2c(NCc3ncccc3F)ncnc2s1)c1nc2ccccc2[nH]1. The zero-order valence-corrected chi connectivity index (χ0v) is 18.9. The zero-order chi connectivity index (χ0) is 22.6. The number of benzene rings is 1. The van der Waals surface area contributed by atoms with Crippen LogP contribution in [0.5, 0.6) is 0 Å². The van der Waals surface area contributed by atoms with Crippen LogP contribution >= 0.6 is 11.3 Å². The highest BCUT2D eigenvalue weighted by Gasteiger charge is 2.13. The smallest absolute Gasteiger partial charge is 0.157 e. The van der Waals surface area contributed by atoms with Gasteiger partial charge in [-0.25, -0.2) is 24.3 Å². The molecule has 1 aromatic carbocycles. The number of H-pyrrole nitrogens is 1. The number of aromatic amines is 1. The number of para-hydroxylation sites is 2. The van der Waals surface area contributed by atoms with Gasteiger partial charge in [0.25, 0.3) is 0 Å². The van der Waals surface area contributed by atoms with Gasteiger partial charge >= 0.3 is 0 Å². The number of halogens is 1. The number of hydrogen-bond acceptors (Lipinski definition) is 8. The number of thiazole rings is 1. The van der Waals surface area contributed by atoms with Gasteiger partial charge in [0, 0.05) is 31.6 Å². The highest BCUT2D eigenvalue weighted by molar-refractivity contribution is 7.18. The summed E-state index contributed by atoms with van der Waals surface area (Å²) in [6, 6.07) is 11.0. The van der Waals surface area contributed by atoms with Crippen molar-refractivity contribution in [3.8, 4) is 0 Å². The number of imidazole rings is 1. The normalized spacial score (nSPS) is 12.4. The summed E-state index contributed by atoms with van der Waals surface area (Å²) in [5, 5.41) is 7.60. The van der Waals surface area contributed by atoms with Crippen molar-refractivity contribution in [1.29, 1.82) is 0 Å². The second-order valence-electron chi connectivity index (χ2n) is 7.76. The van der Waals surface area contributed by atoms with E-state index in [9.17, 15) is 4.39 Å². The van der Waals surface area contributed by atoms with Gasteiger partial charge in [-0.3, -0.25) is 4.98 Å². The van der Waals surface area contributed by atoms with Crippen molar-refractivity contribution in [2.24, 2.45) is 0 Å². The predicted octanol–water partition coefficient (Wildman–Crippen LogP) is 4.04. The molecule has 8 nitrogen and oxygen atoms in total. The first kappa shape index (κ1) is 21.4. The van der Waals surface area contributed by atoms with Crippen LogP contribution in [0.15, 0.2) is 48.9 Å². The van der Waals surface area contributed by atoms with Gasteiger partial charge in [-0.05, 0) is 24.3 Å². The van der Waals surface area contributed by atoms with E-state index in [-0.39, 0.29) is 18.3 Å². The summed E-state index contributed by atoms with van der Waals surface area (Å²) < 4.78 is 13.8. The minimum Gasteiger partial charge on any atom is -0.362 e. The molecule has 4 heterocycles. The van der Waals surface area contributed by atoms with Crippen molar-refractivity contribution in [3.63, 3.8) is 0 Å². The van der Waals surface area contributed by atoms with Gasteiger partial charge in [-0.15, -0.1) is 0 Å². The van der Waals surface area contributed by atoms with E-state index in [0.29, 0.717) is 17.0 Å². The molecule has 5 aromatic rings. The van der Waals surface area contributed by atoms with E-state index in [1.54, 1.807) is 23.6 Å². The maximum Gasteiger partial charge on any atom is 0.157 e. The standard InChI is InChI=1S/C23H23FN8S/c1-14(21-30-16-6-2-3-7-17(16)31-21)11-25-10-8-19-32-20-22(28-13-29-23(20)33-19)27-12-18-15(24)5-4-9-26-18/h2-7,9,13-14,25H,8,10-12H2,1H3,(H,30,31)(H,27,28,29)/t14-/m0/s1.